The van der Waals surface area contributed by atoms with E-state index in [4.69, 9.17) is 18.9 Å². The zero-order valence-corrected chi connectivity index (χ0v) is 25.9. The van der Waals surface area contributed by atoms with Crippen molar-refractivity contribution < 1.29 is 29.2 Å². The van der Waals surface area contributed by atoms with Crippen LogP contribution in [0.5, 0.6) is 34.5 Å². The molecule has 0 heterocycles. The van der Waals surface area contributed by atoms with E-state index < -0.39 is 0 Å². The summed E-state index contributed by atoms with van der Waals surface area (Å²) in [5.41, 5.74) is 3.93. The Balaban J connectivity index is 1.29. The molecular formula is C34H40N2O6S. The Morgan fingerprint density at radius 1 is 0.535 bits per heavy atom. The van der Waals surface area contributed by atoms with Gasteiger partial charge in [-0.1, -0.05) is 23.9 Å². The van der Waals surface area contributed by atoms with Crippen LogP contribution in [-0.4, -0.2) is 51.7 Å². The van der Waals surface area contributed by atoms with Crippen molar-refractivity contribution >= 4 is 11.8 Å². The average Bonchev–Trinajstić information content (AvgIpc) is 3.03. The van der Waals surface area contributed by atoms with Crippen LogP contribution in [0.2, 0.25) is 0 Å². The standard InChI is InChI=1S/C34H40N2O6S/c1-39-31-11-5-23(17-33(31)41-3)13-15-35-21-25-19-27(7-9-29(25)37)43-28-8-10-30(38)26(20-28)22-36-16-14-24-6-12-32(40-2)34(18-24)42-4/h5-12,17-20,35-38H,13-16,21-22H2,1-4H3. The van der Waals surface area contributed by atoms with E-state index in [-0.39, 0.29) is 11.5 Å². The largest absolute Gasteiger partial charge is 0.508 e. The average molecular weight is 605 g/mol. The van der Waals surface area contributed by atoms with Gasteiger partial charge in [0.25, 0.3) is 0 Å². The maximum absolute atomic E-state index is 10.4. The fourth-order valence-corrected chi connectivity index (χ4v) is 5.60. The monoisotopic (exact) mass is 604 g/mol. The minimum Gasteiger partial charge on any atom is -0.508 e. The third-order valence-electron chi connectivity index (χ3n) is 7.05. The van der Waals surface area contributed by atoms with Crippen molar-refractivity contribution in [2.24, 2.45) is 0 Å². The Morgan fingerprint density at radius 3 is 1.35 bits per heavy atom. The second-order valence-corrected chi connectivity index (χ2v) is 11.1. The third kappa shape index (κ3) is 8.97. The third-order valence-corrected chi connectivity index (χ3v) is 8.02. The lowest BCUT2D eigenvalue weighted by atomic mass is 10.1. The first-order valence-corrected chi connectivity index (χ1v) is 14.9. The zero-order valence-electron chi connectivity index (χ0n) is 25.1. The van der Waals surface area contributed by atoms with Gasteiger partial charge in [-0.25, -0.2) is 0 Å². The molecule has 0 aromatic heterocycles. The van der Waals surface area contributed by atoms with Gasteiger partial charge in [-0.15, -0.1) is 0 Å². The molecule has 9 heteroatoms. The number of ether oxygens (including phenoxy) is 4. The maximum Gasteiger partial charge on any atom is 0.160 e. The van der Waals surface area contributed by atoms with Crippen molar-refractivity contribution in [3.8, 4) is 34.5 Å². The quantitative estimate of drug-likeness (QED) is 0.116. The molecule has 4 N–H and O–H groups in total. The minimum absolute atomic E-state index is 0.257. The van der Waals surface area contributed by atoms with E-state index in [0.29, 0.717) is 36.1 Å². The van der Waals surface area contributed by atoms with Gasteiger partial charge >= 0.3 is 0 Å². The number of aromatic hydroxyl groups is 2. The Morgan fingerprint density at radius 2 is 0.953 bits per heavy atom. The number of phenolic OH excluding ortho intramolecular Hbond substituents is 2. The normalized spacial score (nSPS) is 10.9. The van der Waals surface area contributed by atoms with Crippen LogP contribution in [0, 0.1) is 0 Å². The first-order valence-electron chi connectivity index (χ1n) is 14.1. The Hall–Kier alpha value is -4.05. The van der Waals surface area contributed by atoms with E-state index in [0.717, 1.165) is 58.0 Å². The lowest BCUT2D eigenvalue weighted by Gasteiger charge is -2.12. The van der Waals surface area contributed by atoms with Crippen molar-refractivity contribution in [1.29, 1.82) is 0 Å². The topological polar surface area (TPSA) is 101 Å². The fraction of sp³-hybridized carbons (Fsp3) is 0.294. The molecule has 0 aliphatic carbocycles. The number of rotatable bonds is 16. The minimum atomic E-state index is 0.257. The van der Waals surface area contributed by atoms with Gasteiger partial charge in [0.2, 0.25) is 0 Å². The highest BCUT2D eigenvalue weighted by Crippen LogP contribution is 2.34. The van der Waals surface area contributed by atoms with Crippen molar-refractivity contribution in [2.45, 2.75) is 35.7 Å². The first-order chi connectivity index (χ1) is 20.9. The molecule has 0 aliphatic rings. The SMILES string of the molecule is COc1ccc(CCNCc2cc(Sc3ccc(O)c(CNCCc4ccc(OC)c(OC)c4)c3)ccc2O)cc1OC. The number of hydrogen-bond acceptors (Lipinski definition) is 9. The molecule has 4 rings (SSSR count). The van der Waals surface area contributed by atoms with Gasteiger partial charge in [0.15, 0.2) is 23.0 Å². The van der Waals surface area contributed by atoms with Crippen molar-refractivity contribution in [3.63, 3.8) is 0 Å². The molecule has 0 atom stereocenters. The molecule has 43 heavy (non-hydrogen) atoms. The summed E-state index contributed by atoms with van der Waals surface area (Å²) in [6, 6.07) is 23.1. The molecule has 8 nitrogen and oxygen atoms in total. The van der Waals surface area contributed by atoms with Crippen molar-refractivity contribution in [2.75, 3.05) is 41.5 Å². The van der Waals surface area contributed by atoms with E-state index >= 15 is 0 Å². The van der Waals surface area contributed by atoms with Crippen LogP contribution in [0.1, 0.15) is 22.3 Å². The highest BCUT2D eigenvalue weighted by molar-refractivity contribution is 7.99. The summed E-state index contributed by atoms with van der Waals surface area (Å²) in [6.45, 7) is 2.57. The summed E-state index contributed by atoms with van der Waals surface area (Å²) < 4.78 is 21.4. The molecule has 0 saturated carbocycles. The molecule has 0 amide bonds. The van der Waals surface area contributed by atoms with Crippen LogP contribution in [0.25, 0.3) is 0 Å². The number of methoxy groups -OCH3 is 4. The second kappa shape index (κ2) is 16.0. The molecule has 0 radical (unpaired) electrons. The van der Waals surface area contributed by atoms with Crippen molar-refractivity contribution in [1.82, 2.24) is 10.6 Å². The van der Waals surface area contributed by atoms with E-state index in [2.05, 4.69) is 10.6 Å². The lowest BCUT2D eigenvalue weighted by molar-refractivity contribution is 0.354. The van der Waals surface area contributed by atoms with E-state index in [1.54, 1.807) is 52.3 Å². The number of nitrogens with one attached hydrogen (secondary N) is 2. The maximum atomic E-state index is 10.4. The number of hydrogen-bond donors (Lipinski definition) is 4. The van der Waals surface area contributed by atoms with E-state index in [9.17, 15) is 10.2 Å². The van der Waals surface area contributed by atoms with Crippen LogP contribution in [0.4, 0.5) is 0 Å². The molecule has 4 aromatic carbocycles. The highest BCUT2D eigenvalue weighted by atomic mass is 32.2. The molecule has 0 spiro atoms. The van der Waals surface area contributed by atoms with Gasteiger partial charge in [-0.05, 0) is 97.7 Å². The fourth-order valence-electron chi connectivity index (χ4n) is 4.65. The molecule has 0 saturated heterocycles. The Labute approximate surface area is 258 Å². The molecule has 4 aromatic rings. The second-order valence-electron chi connectivity index (χ2n) is 9.92. The van der Waals surface area contributed by atoms with Crippen LogP contribution in [0.3, 0.4) is 0 Å². The predicted octanol–water partition coefficient (Wildman–Crippen LogP) is 5.95. The summed E-state index contributed by atoms with van der Waals surface area (Å²) in [5.74, 6) is 3.36. The Kier molecular flexibility index (Phi) is 11.8. The number of benzene rings is 4. The smallest absolute Gasteiger partial charge is 0.160 e. The molecule has 0 bridgehead atoms. The summed E-state index contributed by atoms with van der Waals surface area (Å²) in [7, 11) is 6.51. The number of phenols is 2. The molecule has 0 unspecified atom stereocenters. The lowest BCUT2D eigenvalue weighted by Crippen LogP contribution is -2.17. The van der Waals surface area contributed by atoms with Crippen LogP contribution in [0.15, 0.2) is 82.6 Å². The zero-order chi connectivity index (χ0) is 30.6. The van der Waals surface area contributed by atoms with Gasteiger partial charge in [0.1, 0.15) is 11.5 Å². The van der Waals surface area contributed by atoms with Gasteiger partial charge in [0.05, 0.1) is 28.4 Å². The molecule has 0 fully saturated rings. The van der Waals surface area contributed by atoms with Gasteiger partial charge in [-0.2, -0.15) is 0 Å². The molecule has 228 valence electrons. The van der Waals surface area contributed by atoms with E-state index in [1.165, 1.54) is 0 Å². The van der Waals surface area contributed by atoms with Crippen LogP contribution >= 0.6 is 11.8 Å². The van der Waals surface area contributed by atoms with E-state index in [1.807, 2.05) is 60.7 Å². The van der Waals surface area contributed by atoms with Gasteiger partial charge in [-0.3, -0.25) is 0 Å². The highest BCUT2D eigenvalue weighted by Gasteiger charge is 2.09. The van der Waals surface area contributed by atoms with Gasteiger partial charge < -0.3 is 39.8 Å². The van der Waals surface area contributed by atoms with Crippen molar-refractivity contribution in [3.05, 3.63) is 95.1 Å². The molecule has 0 aliphatic heterocycles. The van der Waals surface area contributed by atoms with Gasteiger partial charge in [0, 0.05) is 34.0 Å². The predicted molar refractivity (Wildman–Crippen MR) is 170 cm³/mol. The molecular weight excluding hydrogens is 564 g/mol. The summed E-state index contributed by atoms with van der Waals surface area (Å²) in [6.07, 6.45) is 1.63. The van der Waals surface area contributed by atoms with Crippen LogP contribution in [-0.2, 0) is 25.9 Å². The summed E-state index contributed by atoms with van der Waals surface area (Å²) >= 11 is 1.59. The summed E-state index contributed by atoms with van der Waals surface area (Å²) in [4.78, 5) is 2.01. The Bertz CT molecular complexity index is 1390. The summed E-state index contributed by atoms with van der Waals surface area (Å²) in [5, 5.41) is 27.7. The van der Waals surface area contributed by atoms with Crippen LogP contribution < -0.4 is 29.6 Å². The first kappa shape index (κ1) is 31.9.